The Bertz CT molecular complexity index is 385. The number of hydrogen-bond donors (Lipinski definition) is 0. The minimum atomic E-state index is 0.284. The van der Waals surface area contributed by atoms with Gasteiger partial charge in [0.1, 0.15) is 0 Å². The second kappa shape index (κ2) is 5.67. The molecule has 1 aromatic rings. The molecule has 90 valence electrons. The molecule has 0 saturated carbocycles. The van der Waals surface area contributed by atoms with E-state index in [-0.39, 0.29) is 5.91 Å². The lowest BCUT2D eigenvalue weighted by molar-refractivity contribution is -0.137. The second-order valence-corrected chi connectivity index (χ2v) is 4.58. The van der Waals surface area contributed by atoms with Gasteiger partial charge in [0, 0.05) is 19.0 Å². The summed E-state index contributed by atoms with van der Waals surface area (Å²) in [6, 6.07) is 10.5. The van der Waals surface area contributed by atoms with Crippen LogP contribution in [0.1, 0.15) is 31.2 Å². The molecule has 0 aliphatic carbocycles. The van der Waals surface area contributed by atoms with Crippen LogP contribution in [-0.4, -0.2) is 16.8 Å². The van der Waals surface area contributed by atoms with Crippen molar-refractivity contribution in [2.75, 3.05) is 0 Å². The Labute approximate surface area is 103 Å². The Balaban J connectivity index is 2.09. The molecular formula is C15H19NO. The summed E-state index contributed by atoms with van der Waals surface area (Å²) in [5, 5.41) is 0. The van der Waals surface area contributed by atoms with Crippen LogP contribution in [0.4, 0.5) is 0 Å². The normalized spacial score (nSPS) is 20.4. The maximum Gasteiger partial charge on any atom is 0.223 e. The van der Waals surface area contributed by atoms with Gasteiger partial charge in [-0.05, 0) is 24.8 Å². The van der Waals surface area contributed by atoms with Gasteiger partial charge in [0.2, 0.25) is 5.91 Å². The number of carbonyl (C=O) groups excluding carboxylic acids is 1. The van der Waals surface area contributed by atoms with Crippen molar-refractivity contribution in [1.82, 2.24) is 4.90 Å². The van der Waals surface area contributed by atoms with Crippen molar-refractivity contribution >= 4 is 5.91 Å². The largest absolute Gasteiger partial charge is 0.335 e. The molecule has 1 atom stereocenters. The maximum absolute atomic E-state index is 12.0. The smallest absolute Gasteiger partial charge is 0.223 e. The van der Waals surface area contributed by atoms with E-state index in [1.54, 1.807) is 0 Å². The van der Waals surface area contributed by atoms with Crippen LogP contribution < -0.4 is 0 Å². The molecule has 1 amide bonds. The van der Waals surface area contributed by atoms with Crippen molar-refractivity contribution in [2.45, 2.75) is 38.3 Å². The monoisotopic (exact) mass is 229 g/mol. The maximum atomic E-state index is 12.0. The molecule has 2 heteroatoms. The molecule has 1 aromatic carbocycles. The number of likely N-dealkylation sites (tertiary alicyclic amines) is 1. The summed E-state index contributed by atoms with van der Waals surface area (Å²) in [6.07, 6.45) is 5.63. The molecule has 2 nitrogen and oxygen atoms in total. The van der Waals surface area contributed by atoms with Crippen molar-refractivity contribution in [3.63, 3.8) is 0 Å². The molecule has 0 N–H and O–H groups in total. The molecule has 0 radical (unpaired) electrons. The zero-order valence-corrected chi connectivity index (χ0v) is 10.1. The zero-order chi connectivity index (χ0) is 12.1. The van der Waals surface area contributed by atoms with Gasteiger partial charge in [0.15, 0.2) is 0 Å². The van der Waals surface area contributed by atoms with Crippen LogP contribution in [0.15, 0.2) is 43.0 Å². The number of piperidine rings is 1. The summed E-state index contributed by atoms with van der Waals surface area (Å²) in [7, 11) is 0. The Hall–Kier alpha value is -1.57. The minimum Gasteiger partial charge on any atom is -0.335 e. The number of rotatable bonds is 4. The summed E-state index contributed by atoms with van der Waals surface area (Å²) in [6.45, 7) is 4.52. The molecule has 2 rings (SSSR count). The third-order valence-corrected chi connectivity index (χ3v) is 3.32. The van der Waals surface area contributed by atoms with Gasteiger partial charge in [-0.25, -0.2) is 0 Å². The average molecular weight is 229 g/mol. The van der Waals surface area contributed by atoms with Crippen LogP contribution in [-0.2, 0) is 11.3 Å². The molecule has 1 saturated heterocycles. The quantitative estimate of drug-likeness (QED) is 0.726. The van der Waals surface area contributed by atoms with Gasteiger partial charge >= 0.3 is 0 Å². The molecule has 1 aliphatic heterocycles. The Kier molecular flexibility index (Phi) is 3.97. The van der Waals surface area contributed by atoms with Gasteiger partial charge in [0.25, 0.3) is 0 Å². The van der Waals surface area contributed by atoms with Crippen LogP contribution in [0.5, 0.6) is 0 Å². The van der Waals surface area contributed by atoms with E-state index in [1.807, 2.05) is 29.2 Å². The number of amides is 1. The molecule has 0 bridgehead atoms. The van der Waals surface area contributed by atoms with E-state index in [2.05, 4.69) is 18.7 Å². The first-order valence-corrected chi connectivity index (χ1v) is 6.25. The van der Waals surface area contributed by atoms with Crippen LogP contribution in [0.3, 0.4) is 0 Å². The molecule has 0 aromatic heterocycles. The number of carbonyl (C=O) groups is 1. The molecule has 17 heavy (non-hydrogen) atoms. The highest BCUT2D eigenvalue weighted by atomic mass is 16.2. The van der Waals surface area contributed by atoms with E-state index in [0.717, 1.165) is 25.8 Å². The second-order valence-electron chi connectivity index (χ2n) is 4.58. The van der Waals surface area contributed by atoms with E-state index in [1.165, 1.54) is 5.56 Å². The molecule has 1 aliphatic rings. The lowest BCUT2D eigenvalue weighted by Gasteiger charge is -2.35. The summed E-state index contributed by atoms with van der Waals surface area (Å²) in [4.78, 5) is 14.0. The first-order valence-electron chi connectivity index (χ1n) is 6.25. The minimum absolute atomic E-state index is 0.284. The van der Waals surface area contributed by atoms with E-state index in [4.69, 9.17) is 0 Å². The lowest BCUT2D eigenvalue weighted by Crippen LogP contribution is -2.42. The van der Waals surface area contributed by atoms with Crippen LogP contribution >= 0.6 is 0 Å². The Morgan fingerprint density at radius 2 is 2.12 bits per heavy atom. The van der Waals surface area contributed by atoms with Gasteiger partial charge in [-0.15, -0.1) is 6.58 Å². The Morgan fingerprint density at radius 1 is 1.35 bits per heavy atom. The van der Waals surface area contributed by atoms with Crippen molar-refractivity contribution in [1.29, 1.82) is 0 Å². The standard InChI is InChI=1S/C15H19NO/c1-2-7-14-10-6-11-15(17)16(14)12-13-8-4-3-5-9-13/h2-5,8-9,14H,1,6-7,10-12H2. The van der Waals surface area contributed by atoms with E-state index < -0.39 is 0 Å². The molecule has 1 fully saturated rings. The topological polar surface area (TPSA) is 20.3 Å². The number of benzene rings is 1. The third-order valence-electron chi connectivity index (χ3n) is 3.32. The lowest BCUT2D eigenvalue weighted by atomic mass is 9.98. The van der Waals surface area contributed by atoms with Crippen molar-refractivity contribution in [2.24, 2.45) is 0 Å². The fraction of sp³-hybridized carbons (Fsp3) is 0.400. The van der Waals surface area contributed by atoms with Gasteiger partial charge in [-0.3, -0.25) is 4.79 Å². The summed E-state index contributed by atoms with van der Waals surface area (Å²) >= 11 is 0. The number of hydrogen-bond acceptors (Lipinski definition) is 1. The Morgan fingerprint density at radius 3 is 2.82 bits per heavy atom. The summed E-state index contributed by atoms with van der Waals surface area (Å²) in [5.41, 5.74) is 1.21. The van der Waals surface area contributed by atoms with Crippen LogP contribution in [0, 0.1) is 0 Å². The van der Waals surface area contributed by atoms with E-state index >= 15 is 0 Å². The molecule has 0 spiro atoms. The first kappa shape index (κ1) is 11.9. The van der Waals surface area contributed by atoms with E-state index in [9.17, 15) is 4.79 Å². The van der Waals surface area contributed by atoms with Crippen molar-refractivity contribution in [3.8, 4) is 0 Å². The summed E-state index contributed by atoms with van der Waals surface area (Å²) < 4.78 is 0. The number of nitrogens with zero attached hydrogens (tertiary/aromatic N) is 1. The van der Waals surface area contributed by atoms with Crippen LogP contribution in [0.2, 0.25) is 0 Å². The third kappa shape index (κ3) is 2.96. The highest BCUT2D eigenvalue weighted by molar-refractivity contribution is 5.77. The fourth-order valence-electron chi connectivity index (χ4n) is 2.43. The average Bonchev–Trinajstić information content (AvgIpc) is 2.35. The highest BCUT2D eigenvalue weighted by Crippen LogP contribution is 2.23. The highest BCUT2D eigenvalue weighted by Gasteiger charge is 2.26. The van der Waals surface area contributed by atoms with E-state index in [0.29, 0.717) is 12.5 Å². The summed E-state index contributed by atoms with van der Waals surface area (Å²) in [5.74, 6) is 0.284. The van der Waals surface area contributed by atoms with Gasteiger partial charge < -0.3 is 4.90 Å². The van der Waals surface area contributed by atoms with Crippen molar-refractivity contribution in [3.05, 3.63) is 48.6 Å². The van der Waals surface area contributed by atoms with Crippen LogP contribution in [0.25, 0.3) is 0 Å². The van der Waals surface area contributed by atoms with Gasteiger partial charge in [0.05, 0.1) is 0 Å². The first-order chi connectivity index (χ1) is 8.31. The SMILES string of the molecule is C=CCC1CCCC(=O)N1Cc1ccccc1. The molecule has 1 heterocycles. The van der Waals surface area contributed by atoms with Gasteiger partial charge in [-0.1, -0.05) is 36.4 Å². The van der Waals surface area contributed by atoms with Crippen molar-refractivity contribution < 1.29 is 4.79 Å². The molecule has 1 unspecified atom stereocenters. The fourth-order valence-corrected chi connectivity index (χ4v) is 2.43. The zero-order valence-electron chi connectivity index (χ0n) is 10.1. The van der Waals surface area contributed by atoms with Gasteiger partial charge in [-0.2, -0.15) is 0 Å². The predicted molar refractivity (Wildman–Crippen MR) is 69.4 cm³/mol. The molecular weight excluding hydrogens is 210 g/mol. The predicted octanol–water partition coefficient (Wildman–Crippen LogP) is 3.14.